The van der Waals surface area contributed by atoms with Crippen molar-refractivity contribution in [3.63, 3.8) is 0 Å². The molecule has 9 aromatic carbocycles. The van der Waals surface area contributed by atoms with Gasteiger partial charge in [-0.05, 0) is 110 Å². The summed E-state index contributed by atoms with van der Waals surface area (Å²) in [5.41, 5.74) is 20.1. The zero-order valence-corrected chi connectivity index (χ0v) is 34.4. The minimum Gasteiger partial charge on any atom is -0.310 e. The van der Waals surface area contributed by atoms with Crippen molar-refractivity contribution in [2.45, 2.75) is 38.5 Å². The fourth-order valence-corrected chi connectivity index (χ4v) is 10.8. The first kappa shape index (κ1) is 34.8. The highest BCUT2D eigenvalue weighted by Crippen LogP contribution is 2.55. The Morgan fingerprint density at radius 3 is 1.70 bits per heavy atom. The Kier molecular flexibility index (Phi) is 7.36. The average Bonchev–Trinajstić information content (AvgIpc) is 3.83. The number of nitrogens with zero attached hydrogens (tertiary/aromatic N) is 2. The Bertz CT molecular complexity index is 3320. The van der Waals surface area contributed by atoms with E-state index in [0.717, 1.165) is 11.4 Å². The molecule has 1 heterocycles. The summed E-state index contributed by atoms with van der Waals surface area (Å²) in [6, 6.07) is 72.3. The van der Waals surface area contributed by atoms with E-state index in [4.69, 9.17) is 0 Å². The van der Waals surface area contributed by atoms with Crippen LogP contribution in [-0.4, -0.2) is 4.57 Å². The molecule has 0 spiro atoms. The Hall–Kier alpha value is -7.16. The molecule has 2 aliphatic rings. The lowest BCUT2D eigenvalue weighted by atomic mass is 9.82. The van der Waals surface area contributed by atoms with Gasteiger partial charge in [0.25, 0.3) is 0 Å². The molecule has 12 rings (SSSR count). The first-order chi connectivity index (χ1) is 29.3. The lowest BCUT2D eigenvalue weighted by molar-refractivity contribution is 0.660. The van der Waals surface area contributed by atoms with Crippen LogP contribution in [0, 0.1) is 0 Å². The van der Waals surface area contributed by atoms with Gasteiger partial charge in [0.2, 0.25) is 0 Å². The first-order valence-corrected chi connectivity index (χ1v) is 21.2. The zero-order valence-electron chi connectivity index (χ0n) is 34.4. The van der Waals surface area contributed by atoms with Crippen LogP contribution in [0.25, 0.3) is 71.6 Å². The van der Waals surface area contributed by atoms with Gasteiger partial charge in [0, 0.05) is 43.9 Å². The molecule has 60 heavy (non-hydrogen) atoms. The molecule has 0 aliphatic heterocycles. The smallest absolute Gasteiger partial charge is 0.0543 e. The molecule has 2 aliphatic carbocycles. The second-order valence-electron chi connectivity index (χ2n) is 17.7. The van der Waals surface area contributed by atoms with E-state index in [2.05, 4.69) is 231 Å². The topological polar surface area (TPSA) is 8.17 Å². The summed E-state index contributed by atoms with van der Waals surface area (Å²) in [7, 11) is 0. The van der Waals surface area contributed by atoms with E-state index in [0.29, 0.717) is 0 Å². The van der Waals surface area contributed by atoms with Gasteiger partial charge in [-0.15, -0.1) is 0 Å². The number of hydrogen-bond acceptors (Lipinski definition) is 1. The van der Waals surface area contributed by atoms with Crippen molar-refractivity contribution in [2.24, 2.45) is 0 Å². The van der Waals surface area contributed by atoms with Gasteiger partial charge in [-0.3, -0.25) is 0 Å². The Morgan fingerprint density at radius 2 is 0.950 bits per heavy atom. The summed E-state index contributed by atoms with van der Waals surface area (Å²) < 4.78 is 2.44. The molecule has 286 valence electrons. The van der Waals surface area contributed by atoms with Gasteiger partial charge in [-0.25, -0.2) is 0 Å². The summed E-state index contributed by atoms with van der Waals surface area (Å²) in [5.74, 6) is 0. The maximum absolute atomic E-state index is 2.50. The van der Waals surface area contributed by atoms with Crippen LogP contribution in [0.3, 0.4) is 0 Å². The highest BCUT2D eigenvalue weighted by Gasteiger charge is 2.39. The highest BCUT2D eigenvalue weighted by atomic mass is 15.1. The fourth-order valence-electron chi connectivity index (χ4n) is 10.8. The number of anilines is 3. The molecule has 0 amide bonds. The highest BCUT2D eigenvalue weighted by molar-refractivity contribution is 6.11. The van der Waals surface area contributed by atoms with Crippen molar-refractivity contribution in [1.82, 2.24) is 4.57 Å². The Labute approximate surface area is 351 Å². The van der Waals surface area contributed by atoms with E-state index in [-0.39, 0.29) is 10.8 Å². The molecule has 0 N–H and O–H groups in total. The molecule has 0 atom stereocenters. The second-order valence-corrected chi connectivity index (χ2v) is 17.7. The summed E-state index contributed by atoms with van der Waals surface area (Å²) >= 11 is 0. The van der Waals surface area contributed by atoms with Crippen LogP contribution in [-0.2, 0) is 10.8 Å². The molecule has 2 heteroatoms. The van der Waals surface area contributed by atoms with Crippen molar-refractivity contribution in [1.29, 1.82) is 0 Å². The molecule has 0 unspecified atom stereocenters. The third-order valence-corrected chi connectivity index (χ3v) is 13.8. The number of aromatic nitrogens is 1. The van der Waals surface area contributed by atoms with Gasteiger partial charge < -0.3 is 9.47 Å². The number of para-hydroxylation sites is 2. The van der Waals surface area contributed by atoms with Crippen molar-refractivity contribution < 1.29 is 0 Å². The van der Waals surface area contributed by atoms with E-state index in [1.54, 1.807) is 0 Å². The van der Waals surface area contributed by atoms with Crippen LogP contribution in [0.1, 0.15) is 49.9 Å². The molecule has 0 fully saturated rings. The number of benzene rings is 9. The predicted molar refractivity (Wildman–Crippen MR) is 254 cm³/mol. The number of hydrogen-bond donors (Lipinski definition) is 0. The second kappa shape index (κ2) is 12.7. The van der Waals surface area contributed by atoms with E-state index in [1.807, 2.05) is 0 Å². The van der Waals surface area contributed by atoms with Gasteiger partial charge in [-0.2, -0.15) is 0 Å². The first-order valence-electron chi connectivity index (χ1n) is 21.2. The van der Waals surface area contributed by atoms with Crippen LogP contribution < -0.4 is 4.90 Å². The van der Waals surface area contributed by atoms with Crippen LogP contribution in [0.2, 0.25) is 0 Å². The third-order valence-electron chi connectivity index (χ3n) is 13.8. The lowest BCUT2D eigenvalue weighted by Crippen LogP contribution is -2.16. The standard InChI is InChI=1S/C58H44N2/c1-57(2)48-20-9-5-16-42(48)47-36-41(33-34-50(47)57)59(55-26-14-22-51-56(55)45-19-6-10-21-49(45)58(51,3)4)40-31-29-37(30-32-40)39-28-27-38-15-13-25-54(46(38)35-39)60-52-23-11-7-17-43(52)44-18-8-12-24-53(44)60/h5-36H,1-4H3. The molecule has 2 nitrogen and oxygen atoms in total. The van der Waals surface area contributed by atoms with Crippen LogP contribution >= 0.6 is 0 Å². The van der Waals surface area contributed by atoms with E-state index in [1.165, 1.54) is 99.6 Å². The molecule has 0 radical (unpaired) electrons. The van der Waals surface area contributed by atoms with E-state index in [9.17, 15) is 0 Å². The molecule has 0 saturated carbocycles. The van der Waals surface area contributed by atoms with Crippen LogP contribution in [0.15, 0.2) is 194 Å². The maximum Gasteiger partial charge on any atom is 0.0543 e. The quantitative estimate of drug-likeness (QED) is 0.169. The molecule has 1 aromatic heterocycles. The minimum atomic E-state index is -0.105. The molecule has 0 saturated heterocycles. The van der Waals surface area contributed by atoms with E-state index < -0.39 is 0 Å². The van der Waals surface area contributed by atoms with Gasteiger partial charge in [0.05, 0.1) is 22.4 Å². The fraction of sp³-hybridized carbons (Fsp3) is 0.103. The summed E-state index contributed by atoms with van der Waals surface area (Å²) in [6.45, 7) is 9.45. The van der Waals surface area contributed by atoms with Gasteiger partial charge in [-0.1, -0.05) is 167 Å². The lowest BCUT2D eigenvalue weighted by Gasteiger charge is -2.30. The Morgan fingerprint density at radius 1 is 0.383 bits per heavy atom. The van der Waals surface area contributed by atoms with Crippen LogP contribution in [0.5, 0.6) is 0 Å². The molecule has 10 aromatic rings. The average molecular weight is 769 g/mol. The minimum absolute atomic E-state index is 0.0604. The molecule has 0 bridgehead atoms. The van der Waals surface area contributed by atoms with Gasteiger partial charge in [0.15, 0.2) is 0 Å². The van der Waals surface area contributed by atoms with Crippen LogP contribution in [0.4, 0.5) is 17.1 Å². The largest absolute Gasteiger partial charge is 0.310 e. The monoisotopic (exact) mass is 768 g/mol. The zero-order chi connectivity index (χ0) is 40.3. The predicted octanol–water partition coefficient (Wildman–Crippen LogP) is 15.7. The van der Waals surface area contributed by atoms with Crippen molar-refractivity contribution >= 4 is 49.6 Å². The summed E-state index contributed by atoms with van der Waals surface area (Å²) in [6.07, 6.45) is 0. The maximum atomic E-state index is 2.50. The molecular weight excluding hydrogens is 725 g/mol. The van der Waals surface area contributed by atoms with Crippen molar-refractivity contribution in [2.75, 3.05) is 4.90 Å². The normalized spacial score (nSPS) is 14.3. The van der Waals surface area contributed by atoms with Crippen molar-refractivity contribution in [3.05, 3.63) is 216 Å². The number of fused-ring (bicyclic) bond motifs is 10. The summed E-state index contributed by atoms with van der Waals surface area (Å²) in [4.78, 5) is 2.50. The SMILES string of the molecule is CC1(C)c2ccccc2-c2cc(N(c3ccc(-c4ccc5cccc(-n6c7ccccc7c7ccccc76)c5c4)cc3)c3cccc4c3-c3ccccc3C4(C)C)ccc21. The van der Waals surface area contributed by atoms with Gasteiger partial charge in [0.1, 0.15) is 0 Å². The van der Waals surface area contributed by atoms with Crippen molar-refractivity contribution in [3.8, 4) is 39.1 Å². The Balaban J connectivity index is 1.02. The van der Waals surface area contributed by atoms with Gasteiger partial charge >= 0.3 is 0 Å². The van der Waals surface area contributed by atoms with E-state index >= 15 is 0 Å². The third kappa shape index (κ3) is 4.88. The summed E-state index contributed by atoms with van der Waals surface area (Å²) in [5, 5.41) is 5.00. The molecular formula is C58H44N2. The number of rotatable bonds is 5.